The maximum atomic E-state index is 11.0. The van der Waals surface area contributed by atoms with Crippen LogP contribution >= 0.6 is 0 Å². The second-order valence-electron chi connectivity index (χ2n) is 13.8. The third-order valence-electron chi connectivity index (χ3n) is 10.8. The average molecular weight is 607 g/mol. The molecule has 1 spiro atoms. The predicted octanol–water partition coefficient (Wildman–Crippen LogP) is 8.69. The number of aromatic hydroxyl groups is 1. The molecule has 2 aromatic heterocycles. The minimum atomic E-state index is 0.136. The summed E-state index contributed by atoms with van der Waals surface area (Å²) in [4.78, 5) is 18.9. The molecule has 0 radical (unpaired) electrons. The van der Waals surface area contributed by atoms with E-state index in [9.17, 15) is 5.11 Å². The molecule has 230 valence electrons. The Balaban J connectivity index is 1.06. The molecule has 0 atom stereocenters. The Morgan fingerprint density at radius 1 is 0.739 bits per heavy atom. The minimum Gasteiger partial charge on any atom is -0.507 e. The lowest BCUT2D eigenvalue weighted by atomic mass is 9.81. The molecule has 0 bridgehead atoms. The number of para-hydroxylation sites is 3. The highest BCUT2D eigenvalue weighted by molar-refractivity contribution is 5.80. The van der Waals surface area contributed by atoms with Gasteiger partial charge >= 0.3 is 0 Å². The van der Waals surface area contributed by atoms with Crippen molar-refractivity contribution in [2.45, 2.75) is 63.7 Å². The number of phenolic OH excluding ortho intramolecular Hbond substituents is 1. The van der Waals surface area contributed by atoms with Gasteiger partial charge in [0.15, 0.2) is 0 Å². The van der Waals surface area contributed by atoms with Crippen molar-refractivity contribution in [3.8, 4) is 22.9 Å². The largest absolute Gasteiger partial charge is 0.507 e. The van der Waals surface area contributed by atoms with Gasteiger partial charge in [0, 0.05) is 17.8 Å². The molecule has 6 heteroatoms. The van der Waals surface area contributed by atoms with E-state index in [-0.39, 0.29) is 11.2 Å². The van der Waals surface area contributed by atoms with Gasteiger partial charge in [-0.3, -0.25) is 0 Å². The molecule has 4 aliphatic rings. The van der Waals surface area contributed by atoms with E-state index >= 15 is 0 Å². The summed E-state index contributed by atoms with van der Waals surface area (Å²) in [5, 5.41) is 12.9. The number of aromatic nitrogens is 2. The molecule has 1 N–H and O–H groups in total. The first-order chi connectivity index (χ1) is 22.6. The zero-order valence-corrected chi connectivity index (χ0v) is 26.0. The van der Waals surface area contributed by atoms with Crippen LogP contribution in [0.25, 0.3) is 11.3 Å². The molecular formula is C40H38N4O2. The monoisotopic (exact) mass is 606 g/mol. The fourth-order valence-corrected chi connectivity index (χ4v) is 8.60. The van der Waals surface area contributed by atoms with Crippen molar-refractivity contribution in [3.05, 3.63) is 125 Å². The summed E-state index contributed by atoms with van der Waals surface area (Å²) in [7, 11) is 0. The topological polar surface area (TPSA) is 61.7 Å². The van der Waals surface area contributed by atoms with E-state index < -0.39 is 0 Å². The molecule has 5 aromatic rings. The van der Waals surface area contributed by atoms with Crippen LogP contribution in [-0.2, 0) is 25.7 Å². The highest BCUT2D eigenvalue weighted by atomic mass is 16.7. The van der Waals surface area contributed by atoms with E-state index in [1.54, 1.807) is 6.07 Å². The van der Waals surface area contributed by atoms with Gasteiger partial charge in [-0.1, -0.05) is 67.8 Å². The number of anilines is 3. The summed E-state index contributed by atoms with van der Waals surface area (Å²) in [5.41, 5.74) is 10.6. The van der Waals surface area contributed by atoms with E-state index in [4.69, 9.17) is 14.8 Å². The summed E-state index contributed by atoms with van der Waals surface area (Å²) >= 11 is 0. The van der Waals surface area contributed by atoms with Crippen LogP contribution in [0, 0.1) is 5.41 Å². The molecule has 0 unspecified atom stereocenters. The maximum absolute atomic E-state index is 11.0. The van der Waals surface area contributed by atoms with Crippen molar-refractivity contribution in [3.63, 3.8) is 0 Å². The van der Waals surface area contributed by atoms with Gasteiger partial charge in [-0.25, -0.2) is 9.97 Å². The van der Waals surface area contributed by atoms with E-state index in [2.05, 4.69) is 71.6 Å². The highest BCUT2D eigenvalue weighted by Crippen LogP contribution is 2.51. The Morgan fingerprint density at radius 3 is 2.26 bits per heavy atom. The fraction of sp³-hybridized carbons (Fsp3) is 0.300. The van der Waals surface area contributed by atoms with Gasteiger partial charge in [0.05, 0.1) is 11.4 Å². The lowest BCUT2D eigenvalue weighted by Gasteiger charge is -2.24. The van der Waals surface area contributed by atoms with Crippen molar-refractivity contribution in [2.75, 3.05) is 16.6 Å². The molecule has 3 heterocycles. The van der Waals surface area contributed by atoms with Crippen molar-refractivity contribution < 1.29 is 9.94 Å². The molecule has 9 rings (SSSR count). The lowest BCUT2D eigenvalue weighted by Crippen LogP contribution is -2.31. The van der Waals surface area contributed by atoms with E-state index in [1.807, 2.05) is 29.5 Å². The second-order valence-corrected chi connectivity index (χ2v) is 13.8. The molecular weight excluding hydrogens is 568 g/mol. The maximum Gasteiger partial charge on any atom is 0.246 e. The van der Waals surface area contributed by atoms with Gasteiger partial charge in [0.2, 0.25) is 5.88 Å². The zero-order valence-electron chi connectivity index (χ0n) is 26.0. The second kappa shape index (κ2) is 10.9. The van der Waals surface area contributed by atoms with Crippen LogP contribution in [-0.4, -0.2) is 21.7 Å². The molecule has 1 aliphatic heterocycles. The van der Waals surface area contributed by atoms with Gasteiger partial charge < -0.3 is 14.8 Å². The van der Waals surface area contributed by atoms with Gasteiger partial charge in [-0.05, 0) is 114 Å². The van der Waals surface area contributed by atoms with Gasteiger partial charge in [0.1, 0.15) is 23.9 Å². The predicted molar refractivity (Wildman–Crippen MR) is 182 cm³/mol. The van der Waals surface area contributed by atoms with E-state index in [1.165, 1.54) is 59.9 Å². The van der Waals surface area contributed by atoms with Crippen molar-refractivity contribution in [1.82, 2.24) is 9.97 Å². The van der Waals surface area contributed by atoms with Crippen molar-refractivity contribution in [2.24, 2.45) is 5.41 Å². The summed E-state index contributed by atoms with van der Waals surface area (Å²) in [6.07, 6.45) is 12.5. The number of phenols is 1. The lowest BCUT2D eigenvalue weighted by molar-refractivity contribution is 0.277. The summed E-state index contributed by atoms with van der Waals surface area (Å²) in [6.45, 7) is 0.504. The van der Waals surface area contributed by atoms with Crippen molar-refractivity contribution >= 4 is 17.2 Å². The minimum absolute atomic E-state index is 0.136. The number of benzene rings is 3. The van der Waals surface area contributed by atoms with Gasteiger partial charge in [0.25, 0.3) is 0 Å². The molecule has 0 amide bonds. The number of nitrogens with zero attached hydrogens (tertiary/aromatic N) is 4. The molecule has 3 aliphatic carbocycles. The first-order valence-corrected chi connectivity index (χ1v) is 16.8. The normalized spacial score (nSPS) is 18.1. The van der Waals surface area contributed by atoms with E-state index in [0.717, 1.165) is 54.1 Å². The average Bonchev–Trinajstić information content (AvgIpc) is 3.77. The summed E-state index contributed by atoms with van der Waals surface area (Å²) in [6, 6.07) is 31.4. The zero-order chi connectivity index (χ0) is 30.7. The first-order valence-electron chi connectivity index (χ1n) is 16.8. The van der Waals surface area contributed by atoms with Crippen LogP contribution in [0.2, 0.25) is 0 Å². The number of hydroxylamine groups is 1. The molecule has 1 saturated carbocycles. The first kappa shape index (κ1) is 27.5. The highest BCUT2D eigenvalue weighted by Gasteiger charge is 2.44. The SMILES string of the molecule is Oc1ccccc1-c1nc(ON2CN(c3cc(C4CCCCC4)ccn3)c3ccccc32)cc2c1CC1(Cc3ccccc3C1)C2. The third kappa shape index (κ3) is 4.70. The number of rotatable bonds is 5. The fourth-order valence-electron chi connectivity index (χ4n) is 8.60. The van der Waals surface area contributed by atoms with Crippen LogP contribution in [0.1, 0.15) is 65.8 Å². The molecule has 3 aromatic carbocycles. The number of hydrogen-bond donors (Lipinski definition) is 1. The van der Waals surface area contributed by atoms with Crippen LogP contribution in [0.4, 0.5) is 17.2 Å². The molecule has 0 saturated heterocycles. The third-order valence-corrected chi connectivity index (χ3v) is 10.8. The molecule has 6 nitrogen and oxygen atoms in total. The van der Waals surface area contributed by atoms with E-state index in [0.29, 0.717) is 18.5 Å². The van der Waals surface area contributed by atoms with Crippen LogP contribution in [0.5, 0.6) is 11.6 Å². The summed E-state index contributed by atoms with van der Waals surface area (Å²) in [5.74, 6) is 2.35. The van der Waals surface area contributed by atoms with Crippen LogP contribution in [0.15, 0.2) is 97.2 Å². The quantitative estimate of drug-likeness (QED) is 0.216. The smallest absolute Gasteiger partial charge is 0.246 e. The number of fused-ring (bicyclic) bond motifs is 3. The Labute approximate surface area is 270 Å². The molecule has 46 heavy (non-hydrogen) atoms. The van der Waals surface area contributed by atoms with Crippen LogP contribution < -0.4 is 14.8 Å². The Hall–Kier alpha value is -4.84. The number of hydrogen-bond acceptors (Lipinski definition) is 6. The molecule has 1 fully saturated rings. The van der Waals surface area contributed by atoms with Gasteiger partial charge in [-0.15, -0.1) is 0 Å². The van der Waals surface area contributed by atoms with Gasteiger partial charge in [-0.2, -0.15) is 5.06 Å². The Kier molecular flexibility index (Phi) is 6.51. The Bertz CT molecular complexity index is 1920. The Morgan fingerprint density at radius 2 is 1.46 bits per heavy atom. The number of pyridine rings is 2. The standard InChI is InChI=1S/C40H38N4O2/c45-36-17-9-6-14-32(36)39-33-25-40(22-29-12-4-5-13-30(29)23-40)24-31(33)21-38(42-39)46-44-26-43(34-15-7-8-16-35(34)44)37-20-28(18-19-41-37)27-10-2-1-3-11-27/h4-9,12-21,27,45H,1-3,10-11,22-26H2. The van der Waals surface area contributed by atoms with Crippen LogP contribution in [0.3, 0.4) is 0 Å². The summed E-state index contributed by atoms with van der Waals surface area (Å²) < 4.78 is 0. The van der Waals surface area contributed by atoms with Crippen molar-refractivity contribution in [1.29, 1.82) is 0 Å².